The Morgan fingerprint density at radius 3 is 2.87 bits per heavy atom. The first kappa shape index (κ1) is 23.5. The number of hydrogen-bond acceptors (Lipinski definition) is 7. The Hall–Kier alpha value is -2.73. The summed E-state index contributed by atoms with van der Waals surface area (Å²) in [5.41, 5.74) is 7.72. The number of amides is 1. The second-order valence-electron chi connectivity index (χ2n) is 7.25. The smallest absolute Gasteiger partial charge is 0.277 e. The number of carbonyl (C=O) groups is 2. The molecule has 3 rings (SSSR count). The van der Waals surface area contributed by atoms with Gasteiger partial charge in [0.2, 0.25) is 0 Å². The van der Waals surface area contributed by atoms with Gasteiger partial charge in [-0.1, -0.05) is 18.8 Å². The quantitative estimate of drug-likeness (QED) is 0.707. The molecule has 0 fully saturated rings. The molecule has 2 heterocycles. The van der Waals surface area contributed by atoms with Crippen molar-refractivity contribution in [2.45, 2.75) is 31.8 Å². The summed E-state index contributed by atoms with van der Waals surface area (Å²) >= 11 is 1.32. The van der Waals surface area contributed by atoms with Gasteiger partial charge < -0.3 is 25.3 Å². The fourth-order valence-electron chi connectivity index (χ4n) is 3.01. The average Bonchev–Trinajstić information content (AvgIpc) is 3.13. The third-order valence-electron chi connectivity index (χ3n) is 4.50. The van der Waals surface area contributed by atoms with Gasteiger partial charge in [0.05, 0.1) is 12.3 Å². The molecule has 0 aliphatic carbocycles. The second kappa shape index (κ2) is 10.9. The summed E-state index contributed by atoms with van der Waals surface area (Å²) < 4.78 is 5.91. The highest BCUT2D eigenvalue weighted by molar-refractivity contribution is 7.14. The van der Waals surface area contributed by atoms with Gasteiger partial charge >= 0.3 is 0 Å². The summed E-state index contributed by atoms with van der Waals surface area (Å²) in [5, 5.41) is 10.4. The standard InChI is InChI=1S/C21H25N3O3S.CH2O/c1-13-12-27-17-9-7-14(6-8-15(25)5-4-10-24(2)3)11-16(17)18-19(13)28-21(23-18)20(22)26;1-2/h7,9,11,13,15,25H,4-5,10,12H2,1-3H3,(H2,22,26);1H2. The summed E-state index contributed by atoms with van der Waals surface area (Å²) in [6.45, 7) is 5.47. The lowest BCUT2D eigenvalue weighted by molar-refractivity contribution is -0.0980. The molecule has 0 spiro atoms. The van der Waals surface area contributed by atoms with Crippen LogP contribution in [0.1, 0.15) is 45.9 Å². The van der Waals surface area contributed by atoms with Crippen LogP contribution in [-0.2, 0) is 4.79 Å². The van der Waals surface area contributed by atoms with Crippen molar-refractivity contribution >= 4 is 24.0 Å². The van der Waals surface area contributed by atoms with Gasteiger partial charge in [-0.05, 0) is 51.7 Å². The topological polar surface area (TPSA) is 106 Å². The molecule has 30 heavy (non-hydrogen) atoms. The summed E-state index contributed by atoms with van der Waals surface area (Å²) in [6, 6.07) is 5.63. The molecule has 0 bridgehead atoms. The molecule has 2 unspecified atom stereocenters. The molecular weight excluding hydrogens is 402 g/mol. The van der Waals surface area contributed by atoms with Crippen LogP contribution >= 0.6 is 11.3 Å². The number of aliphatic hydroxyl groups is 1. The van der Waals surface area contributed by atoms with Gasteiger partial charge in [-0.3, -0.25) is 4.79 Å². The van der Waals surface area contributed by atoms with Crippen LogP contribution in [0.3, 0.4) is 0 Å². The first-order valence-electron chi connectivity index (χ1n) is 9.56. The number of nitrogens with two attached hydrogens (primary N) is 1. The number of aliphatic hydroxyl groups excluding tert-OH is 1. The van der Waals surface area contributed by atoms with Crippen molar-refractivity contribution in [3.8, 4) is 28.8 Å². The molecule has 160 valence electrons. The molecule has 0 saturated carbocycles. The maximum Gasteiger partial charge on any atom is 0.277 e. The summed E-state index contributed by atoms with van der Waals surface area (Å²) in [6.07, 6.45) is 0.859. The number of nitrogens with zero attached hydrogens (tertiary/aromatic N) is 2. The zero-order valence-corrected chi connectivity index (χ0v) is 18.3. The third-order valence-corrected chi connectivity index (χ3v) is 5.80. The van der Waals surface area contributed by atoms with E-state index in [2.05, 4.69) is 21.7 Å². The zero-order valence-electron chi connectivity index (χ0n) is 17.5. The van der Waals surface area contributed by atoms with Crippen LogP contribution in [0.4, 0.5) is 0 Å². The fourth-order valence-corrected chi connectivity index (χ4v) is 3.98. The lowest BCUT2D eigenvalue weighted by atomic mass is 10.0. The van der Waals surface area contributed by atoms with E-state index in [1.54, 1.807) is 0 Å². The largest absolute Gasteiger partial charge is 0.492 e. The van der Waals surface area contributed by atoms with Crippen LogP contribution in [-0.4, -0.2) is 61.0 Å². The van der Waals surface area contributed by atoms with Crippen molar-refractivity contribution in [2.24, 2.45) is 5.73 Å². The minimum atomic E-state index is -0.661. The van der Waals surface area contributed by atoms with Gasteiger partial charge in [0.25, 0.3) is 5.91 Å². The number of fused-ring (bicyclic) bond motifs is 3. The minimum absolute atomic E-state index is 0.112. The Bertz CT molecular complexity index is 946. The van der Waals surface area contributed by atoms with E-state index >= 15 is 0 Å². The van der Waals surface area contributed by atoms with E-state index in [9.17, 15) is 9.90 Å². The van der Waals surface area contributed by atoms with Gasteiger partial charge in [-0.25, -0.2) is 4.98 Å². The van der Waals surface area contributed by atoms with Gasteiger partial charge in [0.15, 0.2) is 5.01 Å². The molecule has 2 aromatic rings. The van der Waals surface area contributed by atoms with Crippen LogP contribution in [0.25, 0.3) is 11.3 Å². The molecule has 1 aromatic carbocycles. The van der Waals surface area contributed by atoms with Crippen molar-refractivity contribution in [3.05, 3.63) is 33.6 Å². The predicted molar refractivity (Wildman–Crippen MR) is 118 cm³/mol. The molecule has 7 nitrogen and oxygen atoms in total. The van der Waals surface area contributed by atoms with Crippen molar-refractivity contribution in [1.29, 1.82) is 0 Å². The molecule has 1 aliphatic rings. The first-order chi connectivity index (χ1) is 14.3. The van der Waals surface area contributed by atoms with Gasteiger partial charge in [-0.2, -0.15) is 0 Å². The summed E-state index contributed by atoms with van der Waals surface area (Å²) in [4.78, 5) is 27.1. The molecule has 8 heteroatoms. The number of aromatic nitrogens is 1. The van der Waals surface area contributed by atoms with Crippen molar-refractivity contribution < 1.29 is 19.4 Å². The van der Waals surface area contributed by atoms with Crippen LogP contribution in [0.2, 0.25) is 0 Å². The number of thiazole rings is 1. The Kier molecular flexibility index (Phi) is 8.54. The van der Waals surface area contributed by atoms with E-state index in [0.717, 1.165) is 34.7 Å². The highest BCUT2D eigenvalue weighted by Gasteiger charge is 2.26. The SMILES string of the molecule is C=O.CC1COc2ccc(C#CC(O)CCCN(C)C)cc2-c2nc(C(N)=O)sc21. The maximum absolute atomic E-state index is 11.6. The first-order valence-corrected chi connectivity index (χ1v) is 10.4. The van der Waals surface area contributed by atoms with Crippen molar-refractivity contribution in [3.63, 3.8) is 0 Å². The number of benzene rings is 1. The van der Waals surface area contributed by atoms with E-state index < -0.39 is 12.0 Å². The van der Waals surface area contributed by atoms with Crippen LogP contribution < -0.4 is 10.5 Å². The third kappa shape index (κ3) is 5.89. The lowest BCUT2D eigenvalue weighted by Crippen LogP contribution is -2.15. The number of carbonyl (C=O) groups excluding carboxylic acids is 2. The number of primary amides is 1. The van der Waals surface area contributed by atoms with Gasteiger partial charge in [0, 0.05) is 21.9 Å². The van der Waals surface area contributed by atoms with E-state index in [4.69, 9.17) is 15.3 Å². The maximum atomic E-state index is 11.6. The molecule has 1 amide bonds. The fraction of sp³-hybridized carbons (Fsp3) is 0.409. The van der Waals surface area contributed by atoms with Crippen LogP contribution in [0, 0.1) is 11.8 Å². The van der Waals surface area contributed by atoms with E-state index in [1.165, 1.54) is 11.3 Å². The van der Waals surface area contributed by atoms with E-state index in [-0.39, 0.29) is 5.92 Å². The van der Waals surface area contributed by atoms with Crippen LogP contribution in [0.15, 0.2) is 18.2 Å². The Morgan fingerprint density at radius 2 is 2.20 bits per heavy atom. The number of hydrogen-bond donors (Lipinski definition) is 2. The molecule has 3 N–H and O–H groups in total. The molecule has 0 radical (unpaired) electrons. The Morgan fingerprint density at radius 1 is 1.47 bits per heavy atom. The second-order valence-corrected chi connectivity index (χ2v) is 8.28. The van der Waals surface area contributed by atoms with Gasteiger partial charge in [0.1, 0.15) is 18.6 Å². The normalized spacial score (nSPS) is 15.3. The summed E-state index contributed by atoms with van der Waals surface area (Å²) in [5.74, 6) is 6.25. The molecule has 1 aromatic heterocycles. The molecule has 1 aliphatic heterocycles. The predicted octanol–water partition coefficient (Wildman–Crippen LogP) is 2.27. The average molecular weight is 430 g/mol. The number of rotatable bonds is 5. The molecule has 0 saturated heterocycles. The lowest BCUT2D eigenvalue weighted by Gasteiger charge is -2.09. The monoisotopic (exact) mass is 429 g/mol. The van der Waals surface area contributed by atoms with Crippen molar-refractivity contribution in [1.82, 2.24) is 9.88 Å². The van der Waals surface area contributed by atoms with Crippen molar-refractivity contribution in [2.75, 3.05) is 27.2 Å². The van der Waals surface area contributed by atoms with E-state index in [1.807, 2.05) is 46.0 Å². The van der Waals surface area contributed by atoms with Crippen LogP contribution in [0.5, 0.6) is 5.75 Å². The Labute approximate surface area is 180 Å². The molecule has 2 atom stereocenters. The highest BCUT2D eigenvalue weighted by atomic mass is 32.1. The number of ether oxygens (including phenoxy) is 1. The van der Waals surface area contributed by atoms with E-state index in [0.29, 0.717) is 23.8 Å². The van der Waals surface area contributed by atoms with Gasteiger partial charge in [-0.15, -0.1) is 11.3 Å². The summed E-state index contributed by atoms with van der Waals surface area (Å²) in [7, 11) is 4.01. The Balaban J connectivity index is 0.00000155. The molecular formula is C22H27N3O4S. The highest BCUT2D eigenvalue weighted by Crippen LogP contribution is 2.41. The zero-order chi connectivity index (χ0) is 22.3. The minimum Gasteiger partial charge on any atom is -0.492 e.